The summed E-state index contributed by atoms with van der Waals surface area (Å²) in [4.78, 5) is 37.0. The molecule has 0 aromatic heterocycles. The minimum atomic E-state index is -0.905. The monoisotopic (exact) mass is 297 g/mol. The summed E-state index contributed by atoms with van der Waals surface area (Å²) in [6.45, 7) is 0. The van der Waals surface area contributed by atoms with Gasteiger partial charge in [-0.05, 0) is 29.8 Å². The maximum Gasteiger partial charge on any atom is 0.262 e. The lowest BCUT2D eigenvalue weighted by Gasteiger charge is -2.21. The van der Waals surface area contributed by atoms with Crippen LogP contribution in [0.15, 0.2) is 48.5 Å². The first-order chi connectivity index (χ1) is 10.6. The Morgan fingerprint density at radius 2 is 1.50 bits per heavy atom. The molecule has 5 heteroatoms. The van der Waals surface area contributed by atoms with Gasteiger partial charge in [-0.2, -0.15) is 0 Å². The van der Waals surface area contributed by atoms with E-state index in [1.807, 2.05) is 0 Å². The second-order valence-electron chi connectivity index (χ2n) is 5.06. The third kappa shape index (κ3) is 2.30. The number of fused-ring (bicyclic) bond motifs is 1. The molecule has 2 aromatic carbocycles. The molecule has 0 aliphatic carbocycles. The van der Waals surface area contributed by atoms with Gasteiger partial charge in [0.2, 0.25) is 0 Å². The molecule has 0 fully saturated rings. The zero-order chi connectivity index (χ0) is 15.7. The molecule has 1 aliphatic heterocycles. The fourth-order valence-electron chi connectivity index (χ4n) is 2.57. The summed E-state index contributed by atoms with van der Waals surface area (Å²) in [5.41, 5.74) is 1.28. The maximum atomic E-state index is 12.9. The molecule has 0 N–H and O–H groups in total. The van der Waals surface area contributed by atoms with Crippen molar-refractivity contribution in [3.8, 4) is 0 Å². The first-order valence-electron chi connectivity index (χ1n) is 6.78. The van der Waals surface area contributed by atoms with Gasteiger partial charge in [-0.15, -0.1) is 0 Å². The highest BCUT2D eigenvalue weighted by molar-refractivity contribution is 6.22. The lowest BCUT2D eigenvalue weighted by molar-refractivity contribution is -0.111. The van der Waals surface area contributed by atoms with Crippen LogP contribution in [-0.4, -0.2) is 29.0 Å². The molecule has 0 saturated carbocycles. The fourth-order valence-corrected chi connectivity index (χ4v) is 2.57. The van der Waals surface area contributed by atoms with Gasteiger partial charge in [0.05, 0.1) is 17.2 Å². The average Bonchev–Trinajstić information content (AvgIpc) is 2.79. The lowest BCUT2D eigenvalue weighted by atomic mass is 10.1. The van der Waals surface area contributed by atoms with E-state index in [2.05, 4.69) is 0 Å². The first-order valence-corrected chi connectivity index (χ1v) is 6.78. The number of rotatable bonds is 4. The van der Waals surface area contributed by atoms with Crippen molar-refractivity contribution < 1.29 is 18.8 Å². The van der Waals surface area contributed by atoms with E-state index in [-0.39, 0.29) is 12.2 Å². The van der Waals surface area contributed by atoms with Crippen molar-refractivity contribution in [2.24, 2.45) is 0 Å². The number of imide groups is 1. The van der Waals surface area contributed by atoms with Crippen molar-refractivity contribution in [1.82, 2.24) is 4.90 Å². The number of benzene rings is 2. The topological polar surface area (TPSA) is 54.5 Å². The van der Waals surface area contributed by atoms with Gasteiger partial charge in [-0.25, -0.2) is 4.39 Å². The van der Waals surface area contributed by atoms with Gasteiger partial charge in [0.25, 0.3) is 11.8 Å². The predicted octanol–water partition coefficient (Wildman–Crippen LogP) is 2.23. The quantitative estimate of drug-likeness (QED) is 0.642. The number of hydrogen-bond donors (Lipinski definition) is 0. The fraction of sp³-hybridized carbons (Fsp3) is 0.118. The number of amides is 2. The van der Waals surface area contributed by atoms with E-state index in [9.17, 15) is 18.8 Å². The van der Waals surface area contributed by atoms with Crippen LogP contribution in [-0.2, 0) is 11.2 Å². The summed E-state index contributed by atoms with van der Waals surface area (Å²) in [5, 5.41) is 0. The van der Waals surface area contributed by atoms with Gasteiger partial charge in [0, 0.05) is 6.42 Å². The number of aldehydes is 1. The van der Waals surface area contributed by atoms with Gasteiger partial charge >= 0.3 is 0 Å². The van der Waals surface area contributed by atoms with Gasteiger partial charge in [0.15, 0.2) is 0 Å². The van der Waals surface area contributed by atoms with E-state index >= 15 is 0 Å². The zero-order valence-electron chi connectivity index (χ0n) is 11.5. The molecule has 22 heavy (non-hydrogen) atoms. The second-order valence-corrected chi connectivity index (χ2v) is 5.06. The van der Waals surface area contributed by atoms with Gasteiger partial charge in [0.1, 0.15) is 12.1 Å². The molecule has 2 amide bonds. The van der Waals surface area contributed by atoms with E-state index in [4.69, 9.17) is 0 Å². The van der Waals surface area contributed by atoms with E-state index in [1.54, 1.807) is 24.3 Å². The molecule has 0 bridgehead atoms. The zero-order valence-corrected chi connectivity index (χ0v) is 11.5. The Labute approximate surface area is 126 Å². The number of nitrogens with zero attached hydrogens (tertiary/aromatic N) is 1. The molecule has 3 rings (SSSR count). The lowest BCUT2D eigenvalue weighted by Crippen LogP contribution is -2.42. The van der Waals surface area contributed by atoms with Crippen LogP contribution in [0.5, 0.6) is 0 Å². The molecular weight excluding hydrogens is 285 g/mol. The normalized spacial score (nSPS) is 14.9. The SMILES string of the molecule is O=C[C@H](Cc1ccc(F)cc1)N1C(=O)c2ccccc2C1=O. The third-order valence-corrected chi connectivity index (χ3v) is 3.67. The molecule has 0 radical (unpaired) electrons. The Morgan fingerprint density at radius 3 is 2.00 bits per heavy atom. The summed E-state index contributed by atoms with van der Waals surface area (Å²) in [5.74, 6) is -1.33. The van der Waals surface area contributed by atoms with Gasteiger partial charge < -0.3 is 4.79 Å². The van der Waals surface area contributed by atoms with E-state index in [1.165, 1.54) is 24.3 Å². The molecular formula is C17H12FNO3. The molecule has 4 nitrogen and oxygen atoms in total. The van der Waals surface area contributed by atoms with Crippen LogP contribution in [0.1, 0.15) is 26.3 Å². The summed E-state index contributed by atoms with van der Waals surface area (Å²) in [6, 6.07) is 11.2. The van der Waals surface area contributed by atoms with Crippen molar-refractivity contribution in [1.29, 1.82) is 0 Å². The van der Waals surface area contributed by atoms with Crippen LogP contribution in [0.4, 0.5) is 4.39 Å². The summed E-state index contributed by atoms with van der Waals surface area (Å²) < 4.78 is 12.9. The standard InChI is InChI=1S/C17H12FNO3/c18-12-7-5-11(6-8-12)9-13(10-20)19-16(21)14-3-1-2-4-15(14)17(19)22/h1-8,10,13H,9H2/t13-/m0/s1. The van der Waals surface area contributed by atoms with Crippen LogP contribution in [0.3, 0.4) is 0 Å². The largest absolute Gasteiger partial charge is 0.301 e. The van der Waals surface area contributed by atoms with E-state index in [0.29, 0.717) is 23.0 Å². The van der Waals surface area contributed by atoms with Crippen molar-refractivity contribution in [3.63, 3.8) is 0 Å². The van der Waals surface area contributed by atoms with Crippen molar-refractivity contribution >= 4 is 18.1 Å². The van der Waals surface area contributed by atoms with Crippen LogP contribution < -0.4 is 0 Å². The summed E-state index contributed by atoms with van der Waals surface area (Å²) >= 11 is 0. The summed E-state index contributed by atoms with van der Waals surface area (Å²) in [7, 11) is 0. The number of carbonyl (C=O) groups excluding carboxylic acids is 3. The predicted molar refractivity (Wildman–Crippen MR) is 76.9 cm³/mol. The minimum Gasteiger partial charge on any atom is -0.301 e. The van der Waals surface area contributed by atoms with Crippen LogP contribution in [0.2, 0.25) is 0 Å². The average molecular weight is 297 g/mol. The Bertz CT molecular complexity index is 720. The minimum absolute atomic E-state index is 0.162. The van der Waals surface area contributed by atoms with Gasteiger partial charge in [-0.1, -0.05) is 24.3 Å². The molecule has 0 saturated heterocycles. The van der Waals surface area contributed by atoms with Crippen LogP contribution in [0.25, 0.3) is 0 Å². The maximum absolute atomic E-state index is 12.9. The van der Waals surface area contributed by atoms with Crippen LogP contribution >= 0.6 is 0 Å². The highest BCUT2D eigenvalue weighted by atomic mass is 19.1. The molecule has 1 aliphatic rings. The third-order valence-electron chi connectivity index (χ3n) is 3.67. The Hall–Kier alpha value is -2.82. The van der Waals surface area contributed by atoms with Crippen LogP contribution in [0, 0.1) is 5.82 Å². The highest BCUT2D eigenvalue weighted by Crippen LogP contribution is 2.25. The molecule has 2 aromatic rings. The molecule has 0 unspecified atom stereocenters. The first kappa shape index (κ1) is 14.1. The highest BCUT2D eigenvalue weighted by Gasteiger charge is 2.39. The molecule has 110 valence electrons. The van der Waals surface area contributed by atoms with E-state index in [0.717, 1.165) is 4.90 Å². The smallest absolute Gasteiger partial charge is 0.262 e. The molecule has 1 heterocycles. The Morgan fingerprint density at radius 1 is 0.955 bits per heavy atom. The van der Waals surface area contributed by atoms with Crippen molar-refractivity contribution in [2.45, 2.75) is 12.5 Å². The summed E-state index contributed by atoms with van der Waals surface area (Å²) in [6.07, 6.45) is 0.736. The number of hydrogen-bond acceptors (Lipinski definition) is 3. The van der Waals surface area contributed by atoms with E-state index < -0.39 is 17.9 Å². The Balaban J connectivity index is 1.89. The Kier molecular flexibility index (Phi) is 3.55. The second kappa shape index (κ2) is 5.52. The number of halogens is 1. The molecule has 1 atom stereocenters. The number of carbonyl (C=O) groups is 3. The van der Waals surface area contributed by atoms with Gasteiger partial charge in [-0.3, -0.25) is 14.5 Å². The molecule has 0 spiro atoms. The van der Waals surface area contributed by atoms with Crippen molar-refractivity contribution in [2.75, 3.05) is 0 Å². The van der Waals surface area contributed by atoms with Crippen molar-refractivity contribution in [3.05, 3.63) is 71.0 Å².